The summed E-state index contributed by atoms with van der Waals surface area (Å²) in [6.45, 7) is 4.04. The number of aryl methyl sites for hydroxylation is 1. The van der Waals surface area contributed by atoms with Crippen molar-refractivity contribution in [1.29, 1.82) is 0 Å². The van der Waals surface area contributed by atoms with Crippen LogP contribution in [0.4, 0.5) is 0 Å². The summed E-state index contributed by atoms with van der Waals surface area (Å²) in [5.41, 5.74) is 0.549. The largest absolute Gasteiger partial charge is 0.339 e. The van der Waals surface area contributed by atoms with Gasteiger partial charge in [0.2, 0.25) is 11.7 Å². The highest BCUT2D eigenvalue weighted by Gasteiger charge is 2.23. The Balaban J connectivity index is 1.23. The molecule has 152 valence electrons. The maximum Gasteiger partial charge on any atom is 0.255 e. The number of hydrogen-bond donors (Lipinski definition) is 0. The molecule has 1 aliphatic rings. The van der Waals surface area contributed by atoms with E-state index in [1.807, 2.05) is 28.5 Å². The molecule has 0 radical (unpaired) electrons. The molecule has 0 saturated carbocycles. The molecule has 6 nitrogen and oxygen atoms in total. The van der Waals surface area contributed by atoms with Crippen LogP contribution >= 0.6 is 38.9 Å². The highest BCUT2D eigenvalue weighted by molar-refractivity contribution is 9.10. The van der Waals surface area contributed by atoms with Gasteiger partial charge in [-0.15, -0.1) is 11.3 Å². The zero-order valence-corrected chi connectivity index (χ0v) is 18.8. The Kier molecular flexibility index (Phi) is 6.64. The van der Waals surface area contributed by atoms with Crippen LogP contribution in [0.3, 0.4) is 0 Å². The highest BCUT2D eigenvalue weighted by atomic mass is 79.9. The standard InChI is InChI=1S/C20H20BrClN4O2S/c21-14-5-6-16(22)15(13-14)20(27)26-10-8-25(9-11-26)7-1-4-18-23-19(24-28-18)17-3-2-12-29-17/h2-3,5-6,12-13H,1,4,7-11H2. The van der Waals surface area contributed by atoms with E-state index < -0.39 is 0 Å². The number of hydrogen-bond acceptors (Lipinski definition) is 6. The van der Waals surface area contributed by atoms with Crippen LogP contribution in [0.5, 0.6) is 0 Å². The number of rotatable bonds is 6. The van der Waals surface area contributed by atoms with Crippen molar-refractivity contribution in [2.24, 2.45) is 0 Å². The van der Waals surface area contributed by atoms with Gasteiger partial charge in [-0.2, -0.15) is 4.98 Å². The fourth-order valence-corrected chi connectivity index (χ4v) is 4.53. The molecule has 0 atom stereocenters. The lowest BCUT2D eigenvalue weighted by atomic mass is 10.1. The molecule has 0 unspecified atom stereocenters. The smallest absolute Gasteiger partial charge is 0.255 e. The van der Waals surface area contributed by atoms with E-state index >= 15 is 0 Å². The van der Waals surface area contributed by atoms with Crippen molar-refractivity contribution in [2.45, 2.75) is 12.8 Å². The third-order valence-electron chi connectivity index (χ3n) is 4.89. The zero-order valence-electron chi connectivity index (χ0n) is 15.7. The summed E-state index contributed by atoms with van der Waals surface area (Å²) in [4.78, 5) is 22.5. The Morgan fingerprint density at radius 1 is 1.24 bits per heavy atom. The molecule has 1 aliphatic heterocycles. The molecule has 0 spiro atoms. The fraction of sp³-hybridized carbons (Fsp3) is 0.350. The highest BCUT2D eigenvalue weighted by Crippen LogP contribution is 2.23. The first kappa shape index (κ1) is 20.5. The first-order valence-electron chi connectivity index (χ1n) is 9.43. The van der Waals surface area contributed by atoms with Crippen LogP contribution < -0.4 is 0 Å². The monoisotopic (exact) mass is 494 g/mol. The molecule has 4 rings (SSSR count). The second-order valence-electron chi connectivity index (χ2n) is 6.85. The van der Waals surface area contributed by atoms with E-state index in [4.69, 9.17) is 16.1 Å². The molecule has 1 amide bonds. The summed E-state index contributed by atoms with van der Waals surface area (Å²) in [5.74, 6) is 1.32. The summed E-state index contributed by atoms with van der Waals surface area (Å²) in [6, 6.07) is 9.33. The van der Waals surface area contributed by atoms with Crippen LogP contribution in [-0.4, -0.2) is 58.6 Å². The van der Waals surface area contributed by atoms with Gasteiger partial charge in [0.1, 0.15) is 0 Å². The van der Waals surface area contributed by atoms with Gasteiger partial charge in [0.15, 0.2) is 0 Å². The Morgan fingerprint density at radius 2 is 2.07 bits per heavy atom. The van der Waals surface area contributed by atoms with Gasteiger partial charge in [-0.25, -0.2) is 0 Å². The van der Waals surface area contributed by atoms with Crippen molar-refractivity contribution < 1.29 is 9.32 Å². The zero-order chi connectivity index (χ0) is 20.2. The Labute approximate surface area is 186 Å². The van der Waals surface area contributed by atoms with Crippen molar-refractivity contribution in [3.63, 3.8) is 0 Å². The Bertz CT molecular complexity index is 971. The number of nitrogens with zero attached hydrogens (tertiary/aromatic N) is 4. The van der Waals surface area contributed by atoms with Crippen LogP contribution in [0, 0.1) is 0 Å². The van der Waals surface area contributed by atoms with Gasteiger partial charge in [0, 0.05) is 37.1 Å². The lowest BCUT2D eigenvalue weighted by molar-refractivity contribution is 0.0635. The summed E-state index contributed by atoms with van der Waals surface area (Å²) < 4.78 is 6.21. The number of benzene rings is 1. The normalized spacial score (nSPS) is 15.0. The molecule has 29 heavy (non-hydrogen) atoms. The van der Waals surface area contributed by atoms with Gasteiger partial charge in [-0.3, -0.25) is 9.69 Å². The predicted molar refractivity (Wildman–Crippen MR) is 117 cm³/mol. The lowest BCUT2D eigenvalue weighted by Gasteiger charge is -2.34. The minimum atomic E-state index is -0.0112. The van der Waals surface area contributed by atoms with Gasteiger partial charge in [-0.1, -0.05) is 38.8 Å². The lowest BCUT2D eigenvalue weighted by Crippen LogP contribution is -2.48. The maximum atomic E-state index is 12.8. The van der Waals surface area contributed by atoms with Gasteiger partial charge in [0.25, 0.3) is 5.91 Å². The molecular weight excluding hydrogens is 476 g/mol. The molecule has 1 saturated heterocycles. The predicted octanol–water partition coefficient (Wildman–Crippen LogP) is 4.60. The van der Waals surface area contributed by atoms with Crippen molar-refractivity contribution in [3.8, 4) is 10.7 Å². The first-order valence-corrected chi connectivity index (χ1v) is 11.5. The van der Waals surface area contributed by atoms with Gasteiger partial charge in [0.05, 0.1) is 15.5 Å². The summed E-state index contributed by atoms with van der Waals surface area (Å²) in [5, 5.41) is 6.54. The van der Waals surface area contributed by atoms with Gasteiger partial charge < -0.3 is 9.42 Å². The number of amides is 1. The van der Waals surface area contributed by atoms with E-state index in [-0.39, 0.29) is 5.91 Å². The average molecular weight is 496 g/mol. The SMILES string of the molecule is O=C(c1cc(Br)ccc1Cl)N1CCN(CCCc2nc(-c3cccs3)no2)CC1. The third kappa shape index (κ3) is 5.06. The number of halogens is 2. The second-order valence-corrected chi connectivity index (χ2v) is 9.12. The van der Waals surface area contributed by atoms with E-state index in [1.165, 1.54) is 0 Å². The summed E-state index contributed by atoms with van der Waals surface area (Å²) in [6.07, 6.45) is 1.70. The second kappa shape index (κ2) is 9.38. The van der Waals surface area contributed by atoms with E-state index in [0.29, 0.717) is 35.4 Å². The number of carbonyl (C=O) groups is 1. The minimum Gasteiger partial charge on any atom is -0.339 e. The molecule has 3 aromatic rings. The Morgan fingerprint density at radius 3 is 2.83 bits per heavy atom. The van der Waals surface area contributed by atoms with Crippen LogP contribution in [0.15, 0.2) is 44.7 Å². The molecule has 1 fully saturated rings. The van der Waals surface area contributed by atoms with E-state index in [9.17, 15) is 4.79 Å². The van der Waals surface area contributed by atoms with Gasteiger partial charge in [-0.05, 0) is 42.6 Å². The number of thiophene rings is 1. The molecule has 0 aliphatic carbocycles. The van der Waals surface area contributed by atoms with Gasteiger partial charge >= 0.3 is 0 Å². The quantitative estimate of drug-likeness (QED) is 0.500. The van der Waals surface area contributed by atoms with Crippen LogP contribution in [0.25, 0.3) is 10.7 Å². The molecule has 1 aromatic carbocycles. The van der Waals surface area contributed by atoms with E-state index in [0.717, 1.165) is 41.8 Å². The van der Waals surface area contributed by atoms with Crippen molar-refractivity contribution >= 4 is 44.8 Å². The van der Waals surface area contributed by atoms with Crippen molar-refractivity contribution in [2.75, 3.05) is 32.7 Å². The van der Waals surface area contributed by atoms with Crippen LogP contribution in [-0.2, 0) is 6.42 Å². The molecular formula is C20H20BrClN4O2S. The van der Waals surface area contributed by atoms with Crippen molar-refractivity contribution in [1.82, 2.24) is 19.9 Å². The van der Waals surface area contributed by atoms with E-state index in [2.05, 4.69) is 31.0 Å². The molecule has 3 heterocycles. The summed E-state index contributed by atoms with van der Waals surface area (Å²) in [7, 11) is 0. The molecule has 0 N–H and O–H groups in total. The molecule has 2 aromatic heterocycles. The van der Waals surface area contributed by atoms with Crippen LogP contribution in [0.1, 0.15) is 22.7 Å². The number of piperazine rings is 1. The Hall–Kier alpha value is -1.74. The summed E-state index contributed by atoms with van der Waals surface area (Å²) >= 11 is 11.2. The number of carbonyl (C=O) groups excluding carboxylic acids is 1. The topological polar surface area (TPSA) is 62.5 Å². The first-order chi connectivity index (χ1) is 14.1. The molecule has 9 heteroatoms. The molecule has 0 bridgehead atoms. The third-order valence-corrected chi connectivity index (χ3v) is 6.58. The van der Waals surface area contributed by atoms with Crippen LogP contribution in [0.2, 0.25) is 5.02 Å². The maximum absolute atomic E-state index is 12.8. The fourth-order valence-electron chi connectivity index (χ4n) is 3.32. The van der Waals surface area contributed by atoms with E-state index in [1.54, 1.807) is 23.5 Å². The van der Waals surface area contributed by atoms with Crippen molar-refractivity contribution in [3.05, 3.63) is 56.7 Å². The number of aromatic nitrogens is 2. The average Bonchev–Trinajstić information content (AvgIpc) is 3.42. The minimum absolute atomic E-state index is 0.0112.